The number of hydrogen-bond donors (Lipinski definition) is 3. The van der Waals surface area contributed by atoms with E-state index < -0.39 is 23.4 Å². The summed E-state index contributed by atoms with van der Waals surface area (Å²) in [7, 11) is 0. The Morgan fingerprint density at radius 2 is 2.23 bits per heavy atom. The average molecular weight is 185 g/mol. The van der Waals surface area contributed by atoms with Gasteiger partial charge in [-0.1, -0.05) is 0 Å². The number of nitrogens with two attached hydrogens (primary N) is 1. The molecule has 1 atom stereocenters. The lowest BCUT2D eigenvalue weighted by Gasteiger charge is -2.07. The van der Waals surface area contributed by atoms with Crippen LogP contribution >= 0.6 is 0 Å². The van der Waals surface area contributed by atoms with Gasteiger partial charge in [-0.3, -0.25) is 14.3 Å². The molecular formula is C6H7N3O4. The van der Waals surface area contributed by atoms with E-state index in [2.05, 4.69) is 0 Å². The molecule has 0 bridgehead atoms. The van der Waals surface area contributed by atoms with Crippen LogP contribution in [0.25, 0.3) is 0 Å². The van der Waals surface area contributed by atoms with Crippen molar-refractivity contribution < 1.29 is 9.90 Å². The molecule has 0 spiro atoms. The van der Waals surface area contributed by atoms with E-state index in [0.717, 1.165) is 12.3 Å². The second-order valence-corrected chi connectivity index (χ2v) is 2.30. The summed E-state index contributed by atoms with van der Waals surface area (Å²) in [5.41, 5.74) is 3.69. The molecule has 1 unspecified atom stereocenters. The molecule has 4 N–H and O–H groups in total. The minimum absolute atomic E-state index is 0.598. The summed E-state index contributed by atoms with van der Waals surface area (Å²) in [6, 6.07) is 1.02. The molecule has 7 nitrogen and oxygen atoms in total. The molecule has 0 saturated carbocycles. The van der Waals surface area contributed by atoms with Crippen LogP contribution in [0.5, 0.6) is 0 Å². The molecule has 13 heavy (non-hydrogen) atoms. The normalized spacial score (nSPS) is 12.4. The van der Waals surface area contributed by atoms with Crippen molar-refractivity contribution in [1.82, 2.24) is 9.55 Å². The Kier molecular flexibility index (Phi) is 2.29. The number of carboxylic acid groups (broad SMARTS) is 1. The first-order valence-electron chi connectivity index (χ1n) is 3.32. The van der Waals surface area contributed by atoms with Gasteiger partial charge >= 0.3 is 11.7 Å². The Hall–Kier alpha value is -1.89. The minimum atomic E-state index is -1.48. The predicted molar refractivity (Wildman–Crippen MR) is 42.2 cm³/mol. The van der Waals surface area contributed by atoms with Gasteiger partial charge < -0.3 is 10.8 Å². The number of carboxylic acids is 1. The number of carbonyl (C=O) groups is 1. The van der Waals surface area contributed by atoms with Gasteiger partial charge in [-0.2, -0.15) is 0 Å². The molecule has 0 amide bonds. The highest BCUT2D eigenvalue weighted by Crippen LogP contribution is 1.90. The number of nitrogens with one attached hydrogen (secondary N) is 1. The first-order valence-corrected chi connectivity index (χ1v) is 3.32. The lowest BCUT2D eigenvalue weighted by molar-refractivity contribution is -0.140. The maximum absolute atomic E-state index is 11.0. The Bertz CT molecular complexity index is 432. The van der Waals surface area contributed by atoms with Gasteiger partial charge in [-0.05, 0) is 0 Å². The molecule has 0 aromatic carbocycles. The second kappa shape index (κ2) is 3.23. The number of rotatable bonds is 2. The molecule has 70 valence electrons. The van der Waals surface area contributed by atoms with Gasteiger partial charge in [0.1, 0.15) is 0 Å². The summed E-state index contributed by atoms with van der Waals surface area (Å²) < 4.78 is 0.712. The topological polar surface area (TPSA) is 118 Å². The number of aromatic amines is 1. The molecule has 0 radical (unpaired) electrons. The van der Waals surface area contributed by atoms with Crippen molar-refractivity contribution >= 4 is 5.97 Å². The molecule has 0 saturated heterocycles. The Labute approximate surface area is 71.4 Å². The number of aromatic nitrogens is 2. The van der Waals surface area contributed by atoms with E-state index in [9.17, 15) is 14.4 Å². The number of H-pyrrole nitrogens is 1. The van der Waals surface area contributed by atoms with Crippen LogP contribution in [0, 0.1) is 0 Å². The second-order valence-electron chi connectivity index (χ2n) is 2.30. The highest BCUT2D eigenvalue weighted by molar-refractivity contribution is 5.70. The first kappa shape index (κ1) is 9.20. The van der Waals surface area contributed by atoms with Crippen molar-refractivity contribution in [3.05, 3.63) is 33.1 Å². The quantitative estimate of drug-likeness (QED) is 0.496. The fraction of sp³-hybridized carbons (Fsp3) is 0.167. The Balaban J connectivity index is 3.24. The number of nitrogens with zero attached hydrogens (tertiary/aromatic N) is 1. The van der Waals surface area contributed by atoms with Gasteiger partial charge in [0.05, 0.1) is 0 Å². The zero-order chi connectivity index (χ0) is 10.0. The molecule has 7 heteroatoms. The van der Waals surface area contributed by atoms with E-state index in [1.165, 1.54) is 0 Å². The van der Waals surface area contributed by atoms with Gasteiger partial charge in [0.15, 0.2) is 6.17 Å². The third-order valence-electron chi connectivity index (χ3n) is 1.40. The van der Waals surface area contributed by atoms with Gasteiger partial charge in [-0.15, -0.1) is 0 Å². The van der Waals surface area contributed by atoms with Gasteiger partial charge in [0.2, 0.25) is 0 Å². The van der Waals surface area contributed by atoms with Crippen LogP contribution in [0.2, 0.25) is 0 Å². The lowest BCUT2D eigenvalue weighted by atomic mass is 10.5. The highest BCUT2D eigenvalue weighted by atomic mass is 16.4. The van der Waals surface area contributed by atoms with Crippen molar-refractivity contribution in [1.29, 1.82) is 0 Å². The summed E-state index contributed by atoms with van der Waals surface area (Å²) in [4.78, 5) is 33.8. The monoisotopic (exact) mass is 185 g/mol. The largest absolute Gasteiger partial charge is 0.479 e. The number of hydrogen-bond acceptors (Lipinski definition) is 4. The summed E-state index contributed by atoms with van der Waals surface area (Å²) >= 11 is 0. The van der Waals surface area contributed by atoms with Crippen molar-refractivity contribution in [2.75, 3.05) is 0 Å². The summed E-state index contributed by atoms with van der Waals surface area (Å²) in [6.07, 6.45) is -0.454. The van der Waals surface area contributed by atoms with Gasteiger partial charge in [0.25, 0.3) is 5.56 Å². The lowest BCUT2D eigenvalue weighted by Crippen LogP contribution is -2.38. The third kappa shape index (κ3) is 1.82. The van der Waals surface area contributed by atoms with E-state index in [0.29, 0.717) is 4.57 Å². The van der Waals surface area contributed by atoms with Crippen LogP contribution in [0.4, 0.5) is 0 Å². The highest BCUT2D eigenvalue weighted by Gasteiger charge is 2.14. The molecule has 1 heterocycles. The van der Waals surface area contributed by atoms with E-state index in [1.54, 1.807) is 0 Å². The van der Waals surface area contributed by atoms with Gasteiger partial charge in [-0.25, -0.2) is 9.59 Å². The standard InChI is InChI=1S/C6H7N3O4/c7-4(5(11)12)9-2-1-3(10)8-6(9)13/h1-2,4H,7H2,(H,11,12)(H,8,10,13). The molecule has 0 fully saturated rings. The zero-order valence-electron chi connectivity index (χ0n) is 6.43. The third-order valence-corrected chi connectivity index (χ3v) is 1.40. The Morgan fingerprint density at radius 3 is 2.69 bits per heavy atom. The SMILES string of the molecule is NC(C(=O)O)n1ccc(=O)[nH]c1=O. The van der Waals surface area contributed by atoms with E-state index in [4.69, 9.17) is 10.8 Å². The molecule has 0 aliphatic rings. The molecular weight excluding hydrogens is 178 g/mol. The molecule has 0 aliphatic carbocycles. The maximum Gasteiger partial charge on any atom is 0.341 e. The summed E-state index contributed by atoms with van der Waals surface area (Å²) in [6.45, 7) is 0. The Morgan fingerprint density at radius 1 is 1.62 bits per heavy atom. The van der Waals surface area contributed by atoms with Crippen LogP contribution in [0.15, 0.2) is 21.9 Å². The minimum Gasteiger partial charge on any atom is -0.479 e. The van der Waals surface area contributed by atoms with Crippen molar-refractivity contribution in [2.24, 2.45) is 5.73 Å². The van der Waals surface area contributed by atoms with Crippen molar-refractivity contribution in [3.8, 4) is 0 Å². The van der Waals surface area contributed by atoms with Crippen LogP contribution < -0.4 is 17.0 Å². The van der Waals surface area contributed by atoms with E-state index >= 15 is 0 Å². The molecule has 1 aromatic heterocycles. The van der Waals surface area contributed by atoms with Crippen LogP contribution in [-0.4, -0.2) is 20.6 Å². The fourth-order valence-corrected chi connectivity index (χ4v) is 0.765. The van der Waals surface area contributed by atoms with Crippen molar-refractivity contribution in [2.45, 2.75) is 6.17 Å². The van der Waals surface area contributed by atoms with Crippen LogP contribution in [0.3, 0.4) is 0 Å². The van der Waals surface area contributed by atoms with E-state index in [-0.39, 0.29) is 0 Å². The van der Waals surface area contributed by atoms with Crippen LogP contribution in [-0.2, 0) is 4.79 Å². The first-order chi connectivity index (χ1) is 6.02. The maximum atomic E-state index is 11.0. The zero-order valence-corrected chi connectivity index (χ0v) is 6.43. The molecule has 1 rings (SSSR count). The number of aliphatic carboxylic acids is 1. The molecule has 0 aliphatic heterocycles. The fourth-order valence-electron chi connectivity index (χ4n) is 0.765. The van der Waals surface area contributed by atoms with Gasteiger partial charge in [0, 0.05) is 12.3 Å². The smallest absolute Gasteiger partial charge is 0.341 e. The average Bonchev–Trinajstić information content (AvgIpc) is 2.03. The summed E-state index contributed by atoms with van der Waals surface area (Å²) in [5, 5.41) is 8.45. The van der Waals surface area contributed by atoms with Crippen LogP contribution in [0.1, 0.15) is 6.17 Å². The molecule has 1 aromatic rings. The summed E-state index contributed by atoms with van der Waals surface area (Å²) in [5.74, 6) is -1.35. The predicted octanol–water partition coefficient (Wildman–Crippen LogP) is -1.92. The van der Waals surface area contributed by atoms with Crippen molar-refractivity contribution in [3.63, 3.8) is 0 Å². The van der Waals surface area contributed by atoms with E-state index in [1.807, 2.05) is 4.98 Å².